The van der Waals surface area contributed by atoms with E-state index >= 15 is 0 Å². The largest absolute Gasteiger partial charge is 0.481 e. The molecule has 0 aliphatic heterocycles. The van der Waals surface area contributed by atoms with Crippen molar-refractivity contribution in [3.05, 3.63) is 29.3 Å². The van der Waals surface area contributed by atoms with Gasteiger partial charge in [0, 0.05) is 12.1 Å². The summed E-state index contributed by atoms with van der Waals surface area (Å²) < 4.78 is 0. The molecule has 0 heterocycles. The van der Waals surface area contributed by atoms with Gasteiger partial charge in [0.2, 0.25) is 5.91 Å². The van der Waals surface area contributed by atoms with Crippen molar-refractivity contribution in [2.45, 2.75) is 137 Å². The number of carbonyl (C=O) groups is 2. The van der Waals surface area contributed by atoms with Gasteiger partial charge in [-0.3, -0.25) is 14.5 Å². The highest BCUT2D eigenvalue weighted by molar-refractivity contribution is 5.93. The van der Waals surface area contributed by atoms with Gasteiger partial charge < -0.3 is 10.4 Å². The van der Waals surface area contributed by atoms with Crippen LogP contribution >= 0.6 is 0 Å². The minimum Gasteiger partial charge on any atom is -0.481 e. The molecule has 0 saturated heterocycles. The lowest BCUT2D eigenvalue weighted by atomic mass is 10.0. The number of nitrogens with zero attached hydrogens (tertiary/aromatic N) is 1. The molecule has 0 fully saturated rings. The van der Waals surface area contributed by atoms with E-state index in [4.69, 9.17) is 5.11 Å². The van der Waals surface area contributed by atoms with Gasteiger partial charge in [-0.1, -0.05) is 129 Å². The number of hydrogen-bond donors (Lipinski definition) is 2. The number of carbonyl (C=O) groups excluding carboxylic acids is 1. The average Bonchev–Trinajstić information content (AvgIpc) is 2.87. The molecule has 0 atom stereocenters. The summed E-state index contributed by atoms with van der Waals surface area (Å²) in [5, 5.41) is 11.5. The van der Waals surface area contributed by atoms with Gasteiger partial charge in [0.25, 0.3) is 0 Å². The molecule has 1 rings (SSSR count). The zero-order chi connectivity index (χ0) is 27.7. The first kappa shape index (κ1) is 35.1. The van der Waals surface area contributed by atoms with Gasteiger partial charge in [-0.2, -0.15) is 0 Å². The van der Waals surface area contributed by atoms with Crippen molar-refractivity contribution >= 4 is 17.6 Å². The van der Waals surface area contributed by atoms with Crippen molar-refractivity contribution in [3.8, 4) is 0 Å². The van der Waals surface area contributed by atoms with Gasteiger partial charge in [0.15, 0.2) is 0 Å². The Morgan fingerprint density at radius 2 is 1.11 bits per heavy atom. The SMILES string of the molecule is CCCCCCCCCCCCCCCCCC(=O)O.CCN(CC)CC(=O)Nc1c(C)cccc1C. The Balaban J connectivity index is 0.000000708. The summed E-state index contributed by atoms with van der Waals surface area (Å²) >= 11 is 0. The molecular weight excluding hydrogens is 460 g/mol. The van der Waals surface area contributed by atoms with Crippen LogP contribution in [0.2, 0.25) is 0 Å². The molecule has 0 unspecified atom stereocenters. The number of para-hydroxylation sites is 1. The predicted molar refractivity (Wildman–Crippen MR) is 160 cm³/mol. The molecule has 0 bridgehead atoms. The van der Waals surface area contributed by atoms with Crippen LogP contribution in [0.15, 0.2) is 18.2 Å². The number of anilines is 1. The van der Waals surface area contributed by atoms with Gasteiger partial charge in [0.05, 0.1) is 6.54 Å². The van der Waals surface area contributed by atoms with Crippen molar-refractivity contribution in [1.29, 1.82) is 0 Å². The number of unbranched alkanes of at least 4 members (excludes halogenated alkanes) is 14. The lowest BCUT2D eigenvalue weighted by Crippen LogP contribution is -2.33. The molecule has 0 spiro atoms. The average molecular weight is 519 g/mol. The molecule has 214 valence electrons. The lowest BCUT2D eigenvalue weighted by molar-refractivity contribution is -0.137. The smallest absolute Gasteiger partial charge is 0.303 e. The summed E-state index contributed by atoms with van der Waals surface area (Å²) in [5.74, 6) is -0.592. The van der Waals surface area contributed by atoms with Crippen LogP contribution in [0.3, 0.4) is 0 Å². The lowest BCUT2D eigenvalue weighted by Gasteiger charge is -2.18. The summed E-state index contributed by atoms with van der Waals surface area (Å²) in [5.41, 5.74) is 3.17. The van der Waals surface area contributed by atoms with E-state index < -0.39 is 5.97 Å². The second-order valence-corrected chi connectivity index (χ2v) is 10.4. The maximum absolute atomic E-state index is 11.9. The number of aryl methyl sites for hydroxylation is 2. The molecular formula is C32H58N2O3. The third-order valence-electron chi connectivity index (χ3n) is 7.00. The van der Waals surface area contributed by atoms with Gasteiger partial charge in [-0.15, -0.1) is 0 Å². The van der Waals surface area contributed by atoms with E-state index in [2.05, 4.69) is 31.0 Å². The highest BCUT2D eigenvalue weighted by Gasteiger charge is 2.10. The van der Waals surface area contributed by atoms with Gasteiger partial charge in [-0.05, 0) is 44.5 Å². The third-order valence-corrected chi connectivity index (χ3v) is 7.00. The number of aliphatic carboxylic acids is 1. The fourth-order valence-electron chi connectivity index (χ4n) is 4.49. The monoisotopic (exact) mass is 518 g/mol. The van der Waals surface area contributed by atoms with E-state index in [9.17, 15) is 9.59 Å². The highest BCUT2D eigenvalue weighted by Crippen LogP contribution is 2.19. The fraction of sp³-hybridized carbons (Fsp3) is 0.750. The number of carboxylic acids is 1. The van der Waals surface area contributed by atoms with Crippen LogP contribution in [0.4, 0.5) is 5.69 Å². The normalized spacial score (nSPS) is 10.8. The van der Waals surface area contributed by atoms with Crippen LogP contribution < -0.4 is 5.32 Å². The van der Waals surface area contributed by atoms with Crippen molar-refractivity contribution < 1.29 is 14.7 Å². The van der Waals surface area contributed by atoms with Crippen LogP contribution in [-0.4, -0.2) is 41.5 Å². The zero-order valence-electron chi connectivity index (χ0n) is 24.9. The van der Waals surface area contributed by atoms with E-state index in [1.165, 1.54) is 83.5 Å². The minimum absolute atomic E-state index is 0.0612. The maximum atomic E-state index is 11.9. The van der Waals surface area contributed by atoms with Crippen molar-refractivity contribution in [3.63, 3.8) is 0 Å². The van der Waals surface area contributed by atoms with E-state index in [0.29, 0.717) is 13.0 Å². The predicted octanol–water partition coefficient (Wildman–Crippen LogP) is 8.92. The number of hydrogen-bond acceptors (Lipinski definition) is 3. The molecule has 1 amide bonds. The summed E-state index contributed by atoms with van der Waals surface area (Å²) in [7, 11) is 0. The van der Waals surface area contributed by atoms with Crippen LogP contribution in [0.1, 0.15) is 135 Å². The summed E-state index contributed by atoms with van der Waals surface area (Å²) in [4.78, 5) is 24.3. The highest BCUT2D eigenvalue weighted by atomic mass is 16.4. The molecule has 37 heavy (non-hydrogen) atoms. The van der Waals surface area contributed by atoms with Crippen LogP contribution in [0.25, 0.3) is 0 Å². The maximum Gasteiger partial charge on any atom is 0.303 e. The second-order valence-electron chi connectivity index (χ2n) is 10.4. The number of likely N-dealkylation sites (N-methyl/N-ethyl adjacent to an activating group) is 1. The molecule has 5 heteroatoms. The van der Waals surface area contributed by atoms with Gasteiger partial charge in [0.1, 0.15) is 0 Å². The molecule has 1 aromatic rings. The molecule has 0 radical (unpaired) electrons. The molecule has 0 aliphatic rings. The third kappa shape index (κ3) is 20.8. The summed E-state index contributed by atoms with van der Waals surface area (Å²) in [6.07, 6.45) is 20.2. The van der Waals surface area contributed by atoms with Gasteiger partial charge >= 0.3 is 5.97 Å². The van der Waals surface area contributed by atoms with Crippen molar-refractivity contribution in [2.75, 3.05) is 25.0 Å². The quantitative estimate of drug-likeness (QED) is 0.159. The van der Waals surface area contributed by atoms with E-state index in [1.807, 2.05) is 32.0 Å². The van der Waals surface area contributed by atoms with Crippen molar-refractivity contribution in [2.24, 2.45) is 0 Å². The van der Waals surface area contributed by atoms with E-state index in [0.717, 1.165) is 42.7 Å². The van der Waals surface area contributed by atoms with Crippen molar-refractivity contribution in [1.82, 2.24) is 4.90 Å². The molecule has 0 saturated carbocycles. The number of carboxylic acid groups (broad SMARTS) is 1. The number of rotatable bonds is 21. The Morgan fingerprint density at radius 3 is 1.49 bits per heavy atom. The fourth-order valence-corrected chi connectivity index (χ4v) is 4.49. The number of amides is 1. The van der Waals surface area contributed by atoms with E-state index in [-0.39, 0.29) is 5.91 Å². The van der Waals surface area contributed by atoms with Crippen LogP contribution in [-0.2, 0) is 9.59 Å². The topological polar surface area (TPSA) is 69.6 Å². The molecule has 2 N–H and O–H groups in total. The Bertz CT molecular complexity index is 681. The molecule has 0 aliphatic carbocycles. The van der Waals surface area contributed by atoms with E-state index in [1.54, 1.807) is 0 Å². The molecule has 0 aromatic heterocycles. The Kier molecular flexibility index (Phi) is 23.2. The first-order valence-electron chi connectivity index (χ1n) is 15.2. The zero-order valence-corrected chi connectivity index (χ0v) is 24.9. The Morgan fingerprint density at radius 1 is 0.703 bits per heavy atom. The first-order valence-corrected chi connectivity index (χ1v) is 15.2. The number of nitrogens with one attached hydrogen (secondary N) is 1. The number of benzene rings is 1. The molecule has 5 nitrogen and oxygen atoms in total. The summed E-state index contributed by atoms with van der Waals surface area (Å²) in [6, 6.07) is 6.03. The second kappa shape index (κ2) is 24.5. The standard InChI is InChI=1S/C18H36O2.C14H22N2O/c1-2-3-4-5-6-7-8-9-10-11-12-13-14-15-16-17-18(19)20;1-5-16(6-2)10-13(17)15-14-11(3)8-7-9-12(14)4/h2-17H2,1H3,(H,19,20);7-9H,5-6,10H2,1-4H3,(H,15,17). The van der Waals surface area contributed by atoms with Crippen LogP contribution in [0, 0.1) is 13.8 Å². The van der Waals surface area contributed by atoms with Crippen LogP contribution in [0.5, 0.6) is 0 Å². The Labute approximate surface area is 228 Å². The summed E-state index contributed by atoms with van der Waals surface area (Å²) in [6.45, 7) is 12.7. The van der Waals surface area contributed by atoms with Gasteiger partial charge in [-0.25, -0.2) is 0 Å². The molecule has 1 aromatic carbocycles. The minimum atomic E-state index is -0.653. The Hall–Kier alpha value is -1.88. The first-order chi connectivity index (χ1) is 17.8.